The molecule has 0 spiro atoms. The molecule has 0 bridgehead atoms. The molecular weight excluding hydrogens is 286 g/mol. The lowest BCUT2D eigenvalue weighted by molar-refractivity contribution is -0.120. The monoisotopic (exact) mass is 309 g/mol. The lowest BCUT2D eigenvalue weighted by Gasteiger charge is -2.24. The van der Waals surface area contributed by atoms with Crippen LogP contribution in [0, 0.1) is 11.3 Å². The molecule has 1 unspecified atom stereocenters. The van der Waals surface area contributed by atoms with Crippen LogP contribution in [0.2, 0.25) is 0 Å². The number of nitrogens with zero attached hydrogens (tertiary/aromatic N) is 1. The molecule has 1 saturated carbocycles. The predicted octanol–water partition coefficient (Wildman–Crippen LogP) is 2.88. The molecule has 1 aliphatic rings. The number of hydrogen-bond donors (Lipinski definition) is 0. The Balaban J connectivity index is 2.42. The van der Waals surface area contributed by atoms with E-state index in [0.29, 0.717) is 12.2 Å². The van der Waals surface area contributed by atoms with Gasteiger partial charge < -0.3 is 4.90 Å². The molecule has 21 heavy (non-hydrogen) atoms. The summed E-state index contributed by atoms with van der Waals surface area (Å²) in [4.78, 5) is 14.5. The van der Waals surface area contributed by atoms with Gasteiger partial charge in [-0.05, 0) is 30.9 Å². The summed E-state index contributed by atoms with van der Waals surface area (Å²) in [6, 6.07) is 6.78. The zero-order valence-electron chi connectivity index (χ0n) is 13.1. The molecule has 0 aromatic heterocycles. The molecule has 0 aliphatic heterocycles. The van der Waals surface area contributed by atoms with Crippen molar-refractivity contribution in [3.05, 3.63) is 24.3 Å². The smallest absolute Gasteiger partial charge is 0.230 e. The molecule has 1 aliphatic carbocycles. The zero-order valence-corrected chi connectivity index (χ0v) is 13.9. The van der Waals surface area contributed by atoms with Crippen LogP contribution in [0.25, 0.3) is 0 Å². The molecule has 1 amide bonds. The van der Waals surface area contributed by atoms with Gasteiger partial charge in [0.25, 0.3) is 0 Å². The van der Waals surface area contributed by atoms with Gasteiger partial charge in [-0.15, -0.1) is 0 Å². The number of hydrogen-bond acceptors (Lipinski definition) is 3. The maximum absolute atomic E-state index is 12.7. The SMILES string of the molecule is CCN(C(=O)C1CC1(C)C)c1ccccc1S(=O)(=O)CC. The first kappa shape index (κ1) is 16.0. The van der Waals surface area contributed by atoms with Crippen LogP contribution in [0.3, 0.4) is 0 Å². The summed E-state index contributed by atoms with van der Waals surface area (Å²) < 4.78 is 24.5. The van der Waals surface area contributed by atoms with Crippen LogP contribution in [0.15, 0.2) is 29.2 Å². The van der Waals surface area contributed by atoms with E-state index in [9.17, 15) is 13.2 Å². The van der Waals surface area contributed by atoms with Crippen LogP contribution in [-0.2, 0) is 14.6 Å². The Hall–Kier alpha value is -1.36. The van der Waals surface area contributed by atoms with Crippen LogP contribution in [0.1, 0.15) is 34.1 Å². The van der Waals surface area contributed by atoms with Gasteiger partial charge in [0.2, 0.25) is 5.91 Å². The van der Waals surface area contributed by atoms with Crippen molar-refractivity contribution in [1.29, 1.82) is 0 Å². The Kier molecular flexibility index (Phi) is 4.15. The van der Waals surface area contributed by atoms with Gasteiger partial charge in [0.05, 0.1) is 16.3 Å². The molecule has 1 atom stereocenters. The van der Waals surface area contributed by atoms with Crippen molar-refractivity contribution < 1.29 is 13.2 Å². The number of amides is 1. The Morgan fingerprint density at radius 1 is 1.29 bits per heavy atom. The predicted molar refractivity (Wildman–Crippen MR) is 84.1 cm³/mol. The Morgan fingerprint density at radius 2 is 1.86 bits per heavy atom. The second-order valence-corrected chi connectivity index (χ2v) is 8.45. The third kappa shape index (κ3) is 2.98. The number of carbonyl (C=O) groups excluding carboxylic acids is 1. The Morgan fingerprint density at radius 3 is 2.33 bits per heavy atom. The highest BCUT2D eigenvalue weighted by atomic mass is 32.2. The molecule has 2 rings (SSSR count). The van der Waals surface area contributed by atoms with E-state index in [1.54, 1.807) is 36.1 Å². The van der Waals surface area contributed by atoms with Crippen molar-refractivity contribution in [1.82, 2.24) is 0 Å². The molecule has 0 N–H and O–H groups in total. The van der Waals surface area contributed by atoms with E-state index in [2.05, 4.69) is 13.8 Å². The van der Waals surface area contributed by atoms with Crippen molar-refractivity contribution in [2.75, 3.05) is 17.2 Å². The van der Waals surface area contributed by atoms with Crippen LogP contribution < -0.4 is 4.90 Å². The van der Waals surface area contributed by atoms with Gasteiger partial charge in [-0.3, -0.25) is 4.79 Å². The number of para-hydroxylation sites is 1. The van der Waals surface area contributed by atoms with Gasteiger partial charge in [-0.25, -0.2) is 8.42 Å². The lowest BCUT2D eigenvalue weighted by Crippen LogP contribution is -2.34. The number of sulfone groups is 1. The molecule has 0 saturated heterocycles. The van der Waals surface area contributed by atoms with Crippen LogP contribution in [-0.4, -0.2) is 26.6 Å². The van der Waals surface area contributed by atoms with Crippen molar-refractivity contribution >= 4 is 21.4 Å². The minimum Gasteiger partial charge on any atom is -0.311 e. The Labute approximate surface area is 127 Å². The fraction of sp³-hybridized carbons (Fsp3) is 0.562. The number of rotatable bonds is 5. The average Bonchev–Trinajstić information content (AvgIpc) is 3.09. The van der Waals surface area contributed by atoms with E-state index >= 15 is 0 Å². The normalized spacial score (nSPS) is 20.1. The topological polar surface area (TPSA) is 54.5 Å². The minimum absolute atomic E-state index is 0.00478. The summed E-state index contributed by atoms with van der Waals surface area (Å²) in [7, 11) is -3.35. The van der Waals surface area contributed by atoms with Crippen molar-refractivity contribution in [3.63, 3.8) is 0 Å². The number of anilines is 1. The largest absolute Gasteiger partial charge is 0.311 e. The van der Waals surface area contributed by atoms with Crippen molar-refractivity contribution in [3.8, 4) is 0 Å². The summed E-state index contributed by atoms with van der Waals surface area (Å²) in [6.45, 7) is 8.11. The van der Waals surface area contributed by atoms with E-state index in [-0.39, 0.29) is 27.9 Å². The first-order valence-corrected chi connectivity index (χ1v) is 9.03. The summed E-state index contributed by atoms with van der Waals surface area (Å²) in [6.07, 6.45) is 0.866. The average molecular weight is 309 g/mol. The van der Waals surface area contributed by atoms with Crippen molar-refractivity contribution in [2.24, 2.45) is 11.3 Å². The molecule has 1 aromatic rings. The summed E-state index contributed by atoms with van der Waals surface area (Å²) >= 11 is 0. The van der Waals surface area contributed by atoms with Gasteiger partial charge in [-0.2, -0.15) is 0 Å². The number of benzene rings is 1. The second-order valence-electron chi connectivity index (χ2n) is 6.20. The van der Waals surface area contributed by atoms with Gasteiger partial charge >= 0.3 is 0 Å². The minimum atomic E-state index is -3.35. The van der Waals surface area contributed by atoms with E-state index < -0.39 is 9.84 Å². The van der Waals surface area contributed by atoms with E-state index in [1.807, 2.05) is 6.92 Å². The molecule has 4 nitrogen and oxygen atoms in total. The second kappa shape index (κ2) is 5.44. The summed E-state index contributed by atoms with van der Waals surface area (Å²) in [5, 5.41) is 0. The molecule has 1 fully saturated rings. The fourth-order valence-electron chi connectivity index (χ4n) is 2.62. The van der Waals surface area contributed by atoms with Gasteiger partial charge in [-0.1, -0.05) is 32.9 Å². The van der Waals surface area contributed by atoms with E-state index in [1.165, 1.54) is 0 Å². The third-order valence-electron chi connectivity index (χ3n) is 4.26. The molecule has 0 radical (unpaired) electrons. The Bertz CT molecular complexity index is 649. The zero-order chi connectivity index (χ0) is 15.8. The standard InChI is InChI=1S/C16H23NO3S/c1-5-17(15(18)12-11-16(12,3)4)13-9-7-8-10-14(13)21(19,20)6-2/h7-10,12H,5-6,11H2,1-4H3. The first-order valence-electron chi connectivity index (χ1n) is 7.37. The maximum Gasteiger partial charge on any atom is 0.230 e. The van der Waals surface area contributed by atoms with Gasteiger partial charge in [0.15, 0.2) is 9.84 Å². The maximum atomic E-state index is 12.7. The van der Waals surface area contributed by atoms with E-state index in [4.69, 9.17) is 0 Å². The highest BCUT2D eigenvalue weighted by Crippen LogP contribution is 2.52. The third-order valence-corrected chi connectivity index (χ3v) is 6.04. The summed E-state index contributed by atoms with van der Waals surface area (Å²) in [5.74, 6) is 0.0566. The van der Waals surface area contributed by atoms with Crippen LogP contribution >= 0.6 is 0 Å². The molecule has 0 heterocycles. The van der Waals surface area contributed by atoms with Gasteiger partial charge in [0, 0.05) is 12.5 Å². The van der Waals surface area contributed by atoms with Crippen molar-refractivity contribution in [2.45, 2.75) is 39.0 Å². The molecular formula is C16H23NO3S. The lowest BCUT2D eigenvalue weighted by atomic mass is 10.1. The highest BCUT2D eigenvalue weighted by molar-refractivity contribution is 7.91. The van der Waals surface area contributed by atoms with Gasteiger partial charge in [0.1, 0.15) is 0 Å². The first-order chi connectivity index (χ1) is 9.74. The number of carbonyl (C=O) groups is 1. The molecule has 5 heteroatoms. The quantitative estimate of drug-likeness (QED) is 0.840. The fourth-order valence-corrected chi connectivity index (χ4v) is 3.71. The van der Waals surface area contributed by atoms with Crippen LogP contribution in [0.4, 0.5) is 5.69 Å². The summed E-state index contributed by atoms with van der Waals surface area (Å²) in [5.41, 5.74) is 0.540. The molecule has 1 aromatic carbocycles. The van der Waals surface area contributed by atoms with E-state index in [0.717, 1.165) is 6.42 Å². The molecule has 116 valence electrons. The highest BCUT2D eigenvalue weighted by Gasteiger charge is 2.52. The van der Waals surface area contributed by atoms with Crippen LogP contribution in [0.5, 0.6) is 0 Å².